The molecular weight excluding hydrogens is 338 g/mol. The van der Waals surface area contributed by atoms with Gasteiger partial charge in [-0.05, 0) is 56.3 Å². The van der Waals surface area contributed by atoms with Gasteiger partial charge in [0.15, 0.2) is 0 Å². The zero-order valence-corrected chi connectivity index (χ0v) is 15.4. The molecule has 5 nitrogen and oxygen atoms in total. The van der Waals surface area contributed by atoms with E-state index in [0.717, 1.165) is 30.5 Å². The number of carbonyl (C=O) groups excluding carboxylic acids is 1. The number of rotatable bonds is 6. The lowest BCUT2D eigenvalue weighted by atomic mass is 10.1. The Balaban J connectivity index is 1.43. The molecule has 140 valence electrons. The van der Waals surface area contributed by atoms with Gasteiger partial charge >= 0.3 is 0 Å². The molecule has 1 fully saturated rings. The van der Waals surface area contributed by atoms with Gasteiger partial charge in [0.05, 0.1) is 5.69 Å². The van der Waals surface area contributed by atoms with Crippen LogP contribution < -0.4 is 10.1 Å². The van der Waals surface area contributed by atoms with Gasteiger partial charge in [0.2, 0.25) is 0 Å². The summed E-state index contributed by atoms with van der Waals surface area (Å²) in [5, 5.41) is 3.92. The summed E-state index contributed by atoms with van der Waals surface area (Å²) < 4.78 is 5.99. The zero-order chi connectivity index (χ0) is 18.5. The number of amides is 1. The van der Waals surface area contributed by atoms with Crippen LogP contribution in [0, 0.1) is 0 Å². The van der Waals surface area contributed by atoms with Crippen LogP contribution in [0.15, 0.2) is 54.7 Å². The van der Waals surface area contributed by atoms with Crippen LogP contribution in [0.25, 0.3) is 10.9 Å². The first-order valence-electron chi connectivity index (χ1n) is 9.63. The minimum Gasteiger partial charge on any atom is -0.490 e. The molecular formula is C22H25N3O2. The second-order valence-electron chi connectivity index (χ2n) is 6.95. The van der Waals surface area contributed by atoms with Crippen LogP contribution in [0.2, 0.25) is 0 Å². The van der Waals surface area contributed by atoms with Gasteiger partial charge in [-0.25, -0.2) is 0 Å². The summed E-state index contributed by atoms with van der Waals surface area (Å²) in [7, 11) is 0. The molecule has 4 rings (SSSR count). The van der Waals surface area contributed by atoms with Crippen molar-refractivity contribution in [2.24, 2.45) is 0 Å². The maximum atomic E-state index is 12.8. The number of aromatic amines is 1. The average molecular weight is 363 g/mol. The molecule has 2 aromatic carbocycles. The van der Waals surface area contributed by atoms with Crippen molar-refractivity contribution in [2.75, 3.05) is 31.6 Å². The quantitative estimate of drug-likeness (QED) is 0.687. The van der Waals surface area contributed by atoms with Crippen molar-refractivity contribution >= 4 is 22.5 Å². The molecule has 27 heavy (non-hydrogen) atoms. The minimum atomic E-state index is -0.132. The zero-order valence-electron chi connectivity index (χ0n) is 15.4. The van der Waals surface area contributed by atoms with Crippen LogP contribution in [0.5, 0.6) is 5.75 Å². The van der Waals surface area contributed by atoms with Gasteiger partial charge in [0.25, 0.3) is 5.91 Å². The standard InChI is InChI=1S/C22H25N3O2/c26-22(18-7-6-9-19-17(18)11-12-23-19)24-20-8-2-3-10-21(20)27-16-15-25-13-4-1-5-14-25/h2-3,6-12,23H,1,4-5,13-16H2,(H,24,26). The number of anilines is 1. The van der Waals surface area contributed by atoms with E-state index in [-0.39, 0.29) is 5.91 Å². The largest absolute Gasteiger partial charge is 0.490 e. The predicted octanol–water partition coefficient (Wildman–Crippen LogP) is 4.28. The molecule has 5 heteroatoms. The molecule has 3 aromatic rings. The van der Waals surface area contributed by atoms with Crippen LogP contribution in [0.3, 0.4) is 0 Å². The highest BCUT2D eigenvalue weighted by atomic mass is 16.5. The number of nitrogens with zero attached hydrogens (tertiary/aromatic N) is 1. The Morgan fingerprint density at radius 2 is 1.89 bits per heavy atom. The van der Waals surface area contributed by atoms with Crippen molar-refractivity contribution < 1.29 is 9.53 Å². The third-order valence-electron chi connectivity index (χ3n) is 5.09. The van der Waals surface area contributed by atoms with Crippen LogP contribution in [-0.2, 0) is 0 Å². The molecule has 1 saturated heterocycles. The lowest BCUT2D eigenvalue weighted by molar-refractivity contribution is 0.102. The third kappa shape index (κ3) is 4.14. The van der Waals surface area contributed by atoms with Crippen LogP contribution in [-0.4, -0.2) is 42.0 Å². The summed E-state index contributed by atoms with van der Waals surface area (Å²) in [6, 6.07) is 15.2. The van der Waals surface area contributed by atoms with Gasteiger partial charge in [-0.15, -0.1) is 0 Å². The number of likely N-dealkylation sites (tertiary alicyclic amines) is 1. The summed E-state index contributed by atoms with van der Waals surface area (Å²) in [5.74, 6) is 0.580. The molecule has 0 radical (unpaired) electrons. The highest BCUT2D eigenvalue weighted by Gasteiger charge is 2.14. The number of ether oxygens (including phenoxy) is 1. The van der Waals surface area contributed by atoms with E-state index >= 15 is 0 Å². The number of fused-ring (bicyclic) bond motifs is 1. The SMILES string of the molecule is O=C(Nc1ccccc1OCCN1CCCCC1)c1cccc2[nH]ccc12. The van der Waals surface area contributed by atoms with E-state index < -0.39 is 0 Å². The summed E-state index contributed by atoms with van der Waals surface area (Å²) in [4.78, 5) is 18.4. The first-order chi connectivity index (χ1) is 13.3. The maximum Gasteiger partial charge on any atom is 0.256 e. The lowest BCUT2D eigenvalue weighted by Crippen LogP contribution is -2.33. The topological polar surface area (TPSA) is 57.4 Å². The fourth-order valence-electron chi connectivity index (χ4n) is 3.64. The Labute approximate surface area is 159 Å². The Bertz CT molecular complexity index is 913. The van der Waals surface area contributed by atoms with Crippen molar-refractivity contribution in [2.45, 2.75) is 19.3 Å². The highest BCUT2D eigenvalue weighted by Crippen LogP contribution is 2.26. The number of aromatic nitrogens is 1. The van der Waals surface area contributed by atoms with Crippen LogP contribution >= 0.6 is 0 Å². The fraction of sp³-hybridized carbons (Fsp3) is 0.318. The van der Waals surface area contributed by atoms with Gasteiger partial charge in [-0.3, -0.25) is 9.69 Å². The van der Waals surface area contributed by atoms with Gasteiger partial charge in [0.1, 0.15) is 12.4 Å². The molecule has 0 spiro atoms. The molecule has 1 aliphatic rings. The van der Waals surface area contributed by atoms with Gasteiger partial charge < -0.3 is 15.0 Å². The van der Waals surface area contributed by atoms with Gasteiger partial charge in [-0.1, -0.05) is 24.6 Å². The van der Waals surface area contributed by atoms with E-state index in [4.69, 9.17) is 4.74 Å². The Hall–Kier alpha value is -2.79. The Morgan fingerprint density at radius 3 is 2.78 bits per heavy atom. The van der Waals surface area contributed by atoms with E-state index in [2.05, 4.69) is 15.2 Å². The molecule has 1 aromatic heterocycles. The predicted molar refractivity (Wildman–Crippen MR) is 108 cm³/mol. The molecule has 1 amide bonds. The number of para-hydroxylation sites is 2. The van der Waals surface area contributed by atoms with Gasteiger partial charge in [-0.2, -0.15) is 0 Å². The average Bonchev–Trinajstić information content (AvgIpc) is 3.19. The van der Waals surface area contributed by atoms with Crippen molar-refractivity contribution in [3.05, 3.63) is 60.3 Å². The molecule has 0 saturated carbocycles. The second kappa shape index (κ2) is 8.27. The molecule has 0 atom stereocenters. The Morgan fingerprint density at radius 1 is 1.04 bits per heavy atom. The molecule has 1 aliphatic heterocycles. The molecule has 2 heterocycles. The molecule has 2 N–H and O–H groups in total. The van der Waals surface area contributed by atoms with Crippen molar-refractivity contribution in [1.29, 1.82) is 0 Å². The number of H-pyrrole nitrogens is 1. The number of nitrogens with one attached hydrogen (secondary N) is 2. The van der Waals surface area contributed by atoms with Gasteiger partial charge in [0, 0.05) is 29.2 Å². The highest BCUT2D eigenvalue weighted by molar-refractivity contribution is 6.12. The summed E-state index contributed by atoms with van der Waals surface area (Å²) in [5.41, 5.74) is 2.30. The lowest BCUT2D eigenvalue weighted by Gasteiger charge is -2.26. The molecule has 0 unspecified atom stereocenters. The molecule has 0 bridgehead atoms. The van der Waals surface area contributed by atoms with E-state index in [0.29, 0.717) is 23.6 Å². The monoisotopic (exact) mass is 363 g/mol. The third-order valence-corrected chi connectivity index (χ3v) is 5.09. The second-order valence-corrected chi connectivity index (χ2v) is 6.95. The van der Waals surface area contributed by atoms with Crippen LogP contribution in [0.1, 0.15) is 29.6 Å². The summed E-state index contributed by atoms with van der Waals surface area (Å²) in [6.45, 7) is 3.86. The molecule has 0 aliphatic carbocycles. The van der Waals surface area contributed by atoms with E-state index in [9.17, 15) is 4.79 Å². The smallest absolute Gasteiger partial charge is 0.256 e. The summed E-state index contributed by atoms with van der Waals surface area (Å²) >= 11 is 0. The number of benzene rings is 2. The number of hydrogen-bond donors (Lipinski definition) is 2. The Kier molecular flexibility index (Phi) is 5.39. The number of piperidine rings is 1. The van der Waals surface area contributed by atoms with E-state index in [1.165, 1.54) is 19.3 Å². The van der Waals surface area contributed by atoms with Crippen LogP contribution in [0.4, 0.5) is 5.69 Å². The van der Waals surface area contributed by atoms with Crippen molar-refractivity contribution in [3.8, 4) is 5.75 Å². The summed E-state index contributed by atoms with van der Waals surface area (Å²) in [6.07, 6.45) is 5.73. The van der Waals surface area contributed by atoms with E-state index in [1.54, 1.807) is 0 Å². The number of hydrogen-bond acceptors (Lipinski definition) is 3. The van der Waals surface area contributed by atoms with Crippen molar-refractivity contribution in [3.63, 3.8) is 0 Å². The fourth-order valence-corrected chi connectivity index (χ4v) is 3.64. The van der Waals surface area contributed by atoms with Crippen molar-refractivity contribution in [1.82, 2.24) is 9.88 Å². The normalized spacial score (nSPS) is 15.0. The first-order valence-corrected chi connectivity index (χ1v) is 9.63. The van der Waals surface area contributed by atoms with E-state index in [1.807, 2.05) is 54.7 Å². The maximum absolute atomic E-state index is 12.8. The first kappa shape index (κ1) is 17.6. The minimum absolute atomic E-state index is 0.132. The number of carbonyl (C=O) groups is 1.